The molecule has 0 amide bonds. The third-order valence-corrected chi connectivity index (χ3v) is 10.5. The van der Waals surface area contributed by atoms with Crippen LogP contribution in [0.5, 0.6) is 0 Å². The minimum atomic E-state index is 0.0933. The van der Waals surface area contributed by atoms with Crippen LogP contribution in [-0.2, 0) is 10.8 Å². The maximum atomic E-state index is 6.66. The van der Waals surface area contributed by atoms with Crippen molar-refractivity contribution in [1.82, 2.24) is 0 Å². The van der Waals surface area contributed by atoms with Crippen LogP contribution >= 0.6 is 0 Å². The largest absolute Gasteiger partial charge is 0.398 e. The fraction of sp³-hybridized carbons (Fsp3) is 0.160. The molecule has 0 atom stereocenters. The summed E-state index contributed by atoms with van der Waals surface area (Å²) in [6, 6.07) is 55.3. The van der Waals surface area contributed by atoms with E-state index in [0.717, 1.165) is 39.4 Å². The first-order valence-corrected chi connectivity index (χ1v) is 18.3. The van der Waals surface area contributed by atoms with Crippen LogP contribution in [0.15, 0.2) is 152 Å². The second-order valence-electron chi connectivity index (χ2n) is 16.2. The first kappa shape index (κ1) is 33.3. The lowest BCUT2D eigenvalue weighted by atomic mass is 9.86. The van der Waals surface area contributed by atoms with Crippen molar-refractivity contribution in [3.05, 3.63) is 179 Å². The molecule has 8 rings (SSSR count). The van der Waals surface area contributed by atoms with Crippen molar-refractivity contribution in [3.63, 3.8) is 0 Å². The van der Waals surface area contributed by atoms with Gasteiger partial charge < -0.3 is 10.6 Å². The molecule has 0 bridgehead atoms. The van der Waals surface area contributed by atoms with Crippen LogP contribution in [0.4, 0.5) is 22.7 Å². The lowest BCUT2D eigenvalue weighted by Gasteiger charge is -2.28. The number of rotatable bonds is 6. The summed E-state index contributed by atoms with van der Waals surface area (Å²) in [5, 5.41) is 2.56. The summed E-state index contributed by atoms with van der Waals surface area (Å²) in [5.74, 6) is 0. The van der Waals surface area contributed by atoms with Crippen LogP contribution in [0.3, 0.4) is 0 Å². The second kappa shape index (κ2) is 12.7. The number of hydrogen-bond donors (Lipinski definition) is 1. The van der Waals surface area contributed by atoms with Gasteiger partial charge in [-0.1, -0.05) is 139 Å². The minimum Gasteiger partial charge on any atom is -0.398 e. The molecule has 1 aliphatic rings. The Morgan fingerprint density at radius 2 is 0.923 bits per heavy atom. The molecule has 256 valence electrons. The SMILES string of the molecule is CC(C)(C)c1ccc(N(c2ccc(-c3cccc(-c4ccc(N)c(C5=Cc6cccc7cccc5c67)c4)c3)cc2)c2ccc(C(C)(C)C)cc2)cc1. The average Bonchev–Trinajstić information content (AvgIpc) is 3.52. The van der Waals surface area contributed by atoms with Gasteiger partial charge in [0.15, 0.2) is 0 Å². The van der Waals surface area contributed by atoms with Gasteiger partial charge in [0.25, 0.3) is 0 Å². The Morgan fingerprint density at radius 1 is 0.442 bits per heavy atom. The normalized spacial score (nSPS) is 12.6. The molecule has 7 aromatic rings. The van der Waals surface area contributed by atoms with Gasteiger partial charge in [0, 0.05) is 28.3 Å². The first-order valence-electron chi connectivity index (χ1n) is 18.3. The molecule has 7 aromatic carbocycles. The van der Waals surface area contributed by atoms with Gasteiger partial charge in [-0.3, -0.25) is 0 Å². The molecule has 0 saturated carbocycles. The Labute approximate surface area is 308 Å². The van der Waals surface area contributed by atoms with E-state index in [-0.39, 0.29) is 10.8 Å². The molecule has 0 heterocycles. The van der Waals surface area contributed by atoms with E-state index in [1.165, 1.54) is 49.7 Å². The highest BCUT2D eigenvalue weighted by atomic mass is 15.1. The van der Waals surface area contributed by atoms with Gasteiger partial charge in [-0.15, -0.1) is 0 Å². The molecular weight excluding hydrogens is 629 g/mol. The van der Waals surface area contributed by atoms with Crippen LogP contribution in [0.25, 0.3) is 44.7 Å². The second-order valence-corrected chi connectivity index (χ2v) is 16.2. The minimum absolute atomic E-state index is 0.0933. The van der Waals surface area contributed by atoms with Crippen molar-refractivity contribution >= 4 is 45.2 Å². The number of nitrogens with zero attached hydrogens (tertiary/aromatic N) is 1. The zero-order valence-electron chi connectivity index (χ0n) is 31.0. The van der Waals surface area contributed by atoms with Crippen molar-refractivity contribution in [2.45, 2.75) is 52.4 Å². The molecule has 0 fully saturated rings. The monoisotopic (exact) mass is 674 g/mol. The molecular formula is C50H46N2. The van der Waals surface area contributed by atoms with E-state index in [2.05, 4.69) is 198 Å². The van der Waals surface area contributed by atoms with E-state index >= 15 is 0 Å². The molecule has 0 aliphatic heterocycles. The van der Waals surface area contributed by atoms with Gasteiger partial charge in [-0.25, -0.2) is 0 Å². The Balaban J connectivity index is 1.12. The number of anilines is 4. The van der Waals surface area contributed by atoms with Crippen LogP contribution in [0.2, 0.25) is 0 Å². The predicted molar refractivity (Wildman–Crippen MR) is 225 cm³/mol. The predicted octanol–water partition coefficient (Wildman–Crippen LogP) is 13.7. The average molecular weight is 675 g/mol. The summed E-state index contributed by atoms with van der Waals surface area (Å²) in [6.45, 7) is 13.6. The van der Waals surface area contributed by atoms with E-state index in [1.54, 1.807) is 0 Å². The highest BCUT2D eigenvalue weighted by Gasteiger charge is 2.21. The van der Waals surface area contributed by atoms with Gasteiger partial charge in [0.05, 0.1) is 0 Å². The molecule has 2 heteroatoms. The highest BCUT2D eigenvalue weighted by molar-refractivity contribution is 6.14. The standard InChI is InChI=1S/C50H46N2/c1-49(2,3)39-19-25-42(26-20-39)52(43-27-21-40(22-28-43)50(4,5)6)41-23-16-33(17-24-41)35-12-8-13-36(30-35)37-18-29-47(51)46(31-37)45-32-38-14-7-10-34-11-9-15-44(45)48(34)38/h7-32H,51H2,1-6H3. The quantitative estimate of drug-likeness (QED) is 0.178. The molecule has 0 spiro atoms. The van der Waals surface area contributed by atoms with Crippen LogP contribution < -0.4 is 10.6 Å². The molecule has 1 aliphatic carbocycles. The smallest absolute Gasteiger partial charge is 0.0462 e. The van der Waals surface area contributed by atoms with Crippen LogP contribution in [-0.4, -0.2) is 0 Å². The van der Waals surface area contributed by atoms with Gasteiger partial charge in [0.2, 0.25) is 0 Å². The Kier molecular flexibility index (Phi) is 8.15. The summed E-state index contributed by atoms with van der Waals surface area (Å²) in [6.07, 6.45) is 2.28. The van der Waals surface area contributed by atoms with Crippen molar-refractivity contribution in [3.8, 4) is 22.3 Å². The van der Waals surface area contributed by atoms with Crippen molar-refractivity contribution in [2.75, 3.05) is 10.6 Å². The van der Waals surface area contributed by atoms with E-state index < -0.39 is 0 Å². The lowest BCUT2D eigenvalue weighted by Crippen LogP contribution is -2.14. The molecule has 0 radical (unpaired) electrons. The van der Waals surface area contributed by atoms with Gasteiger partial charge in [-0.05, 0) is 132 Å². The van der Waals surface area contributed by atoms with Crippen molar-refractivity contribution in [2.24, 2.45) is 0 Å². The van der Waals surface area contributed by atoms with E-state index in [9.17, 15) is 0 Å². The maximum absolute atomic E-state index is 6.66. The summed E-state index contributed by atoms with van der Waals surface area (Å²) >= 11 is 0. The Morgan fingerprint density at radius 3 is 1.50 bits per heavy atom. The van der Waals surface area contributed by atoms with E-state index in [0.29, 0.717) is 0 Å². The number of nitrogens with two attached hydrogens (primary N) is 1. The van der Waals surface area contributed by atoms with Crippen LogP contribution in [0.1, 0.15) is 69.4 Å². The molecule has 2 N–H and O–H groups in total. The van der Waals surface area contributed by atoms with Gasteiger partial charge >= 0.3 is 0 Å². The molecule has 0 aromatic heterocycles. The molecule has 0 unspecified atom stereocenters. The van der Waals surface area contributed by atoms with Gasteiger partial charge in [-0.2, -0.15) is 0 Å². The fourth-order valence-electron chi connectivity index (χ4n) is 7.49. The topological polar surface area (TPSA) is 29.3 Å². The zero-order valence-corrected chi connectivity index (χ0v) is 31.0. The maximum Gasteiger partial charge on any atom is 0.0462 e. The van der Waals surface area contributed by atoms with Gasteiger partial charge in [0.1, 0.15) is 0 Å². The molecule has 52 heavy (non-hydrogen) atoms. The number of hydrogen-bond acceptors (Lipinski definition) is 2. The van der Waals surface area contributed by atoms with Crippen molar-refractivity contribution < 1.29 is 0 Å². The van der Waals surface area contributed by atoms with E-state index in [1.807, 2.05) is 6.07 Å². The summed E-state index contributed by atoms with van der Waals surface area (Å²) in [4.78, 5) is 2.35. The molecule has 2 nitrogen and oxygen atoms in total. The van der Waals surface area contributed by atoms with E-state index in [4.69, 9.17) is 5.73 Å². The summed E-state index contributed by atoms with van der Waals surface area (Å²) < 4.78 is 0. The van der Waals surface area contributed by atoms with Crippen molar-refractivity contribution in [1.29, 1.82) is 0 Å². The Bertz CT molecular complexity index is 2390. The first-order chi connectivity index (χ1) is 24.9. The number of nitrogen functional groups attached to an aromatic ring is 1. The number of benzene rings is 7. The summed E-state index contributed by atoms with van der Waals surface area (Å²) in [5.41, 5.74) is 23.1. The highest BCUT2D eigenvalue weighted by Crippen LogP contribution is 2.43. The lowest BCUT2D eigenvalue weighted by molar-refractivity contribution is 0.590. The third-order valence-electron chi connectivity index (χ3n) is 10.5. The fourth-order valence-corrected chi connectivity index (χ4v) is 7.49. The molecule has 0 saturated heterocycles. The van der Waals surface area contributed by atoms with Crippen LogP contribution in [0, 0.1) is 0 Å². The Hall–Kier alpha value is -5.86. The third kappa shape index (κ3) is 6.20. The summed E-state index contributed by atoms with van der Waals surface area (Å²) in [7, 11) is 0. The zero-order chi connectivity index (χ0) is 36.2.